The van der Waals surface area contributed by atoms with Gasteiger partial charge in [0.1, 0.15) is 5.75 Å². The molecule has 5 nitrogen and oxygen atoms in total. The van der Waals surface area contributed by atoms with E-state index in [0.29, 0.717) is 11.1 Å². The zero-order valence-electron chi connectivity index (χ0n) is 12.1. The van der Waals surface area contributed by atoms with E-state index in [4.69, 9.17) is 9.47 Å². The Morgan fingerprint density at radius 2 is 2.05 bits per heavy atom. The third-order valence-electron chi connectivity index (χ3n) is 3.02. The minimum Gasteiger partial charge on any atom is -0.497 e. The van der Waals surface area contributed by atoms with Gasteiger partial charge in [-0.3, -0.25) is 9.36 Å². The summed E-state index contributed by atoms with van der Waals surface area (Å²) in [5.74, 6) is 0.407. The molecule has 1 aromatic carbocycles. The van der Waals surface area contributed by atoms with E-state index in [0.717, 1.165) is 5.39 Å². The summed E-state index contributed by atoms with van der Waals surface area (Å²) in [4.78, 5) is 11.7. The van der Waals surface area contributed by atoms with Gasteiger partial charge in [0, 0.05) is 17.0 Å². The van der Waals surface area contributed by atoms with Crippen molar-refractivity contribution in [1.82, 2.24) is 4.57 Å². The number of aromatic hydroxyl groups is 1. The first-order valence-electron chi connectivity index (χ1n) is 6.36. The average Bonchev–Trinajstić information content (AvgIpc) is 2.71. The Morgan fingerprint density at radius 1 is 1.35 bits per heavy atom. The second kappa shape index (κ2) is 5.07. The number of carbonyl (C=O) groups is 1. The molecule has 0 amide bonds. The minimum atomic E-state index is -0.564. The van der Waals surface area contributed by atoms with Gasteiger partial charge in [0.25, 0.3) is 0 Å². The molecule has 0 unspecified atom stereocenters. The summed E-state index contributed by atoms with van der Waals surface area (Å²) in [5.41, 5.74) is -0.564. The van der Waals surface area contributed by atoms with Crippen molar-refractivity contribution in [2.45, 2.75) is 27.5 Å². The molecule has 20 heavy (non-hydrogen) atoms. The minimum absolute atomic E-state index is 0.0149. The van der Waals surface area contributed by atoms with Gasteiger partial charge in [-0.15, -0.1) is 0 Å². The molecular formula is C15H19NO4. The fourth-order valence-corrected chi connectivity index (χ4v) is 1.80. The Bertz CT molecular complexity index is 637. The molecule has 0 spiro atoms. The molecule has 0 bridgehead atoms. The standard InChI is InChI=1S/C15H19NO4/c1-15(2,3)14(18)20-9-16-8-10-5-6-11(19-4)7-12(10)13(16)17/h5-8,17H,9H2,1-4H3. The lowest BCUT2D eigenvalue weighted by Crippen LogP contribution is -2.23. The molecule has 0 fully saturated rings. The number of methoxy groups -OCH3 is 1. The molecular weight excluding hydrogens is 258 g/mol. The average molecular weight is 277 g/mol. The topological polar surface area (TPSA) is 60.7 Å². The molecule has 0 aliphatic carbocycles. The zero-order valence-corrected chi connectivity index (χ0v) is 12.1. The predicted molar refractivity (Wildman–Crippen MR) is 75.7 cm³/mol. The van der Waals surface area contributed by atoms with Crippen molar-refractivity contribution < 1.29 is 19.4 Å². The largest absolute Gasteiger partial charge is 0.497 e. The molecule has 0 atom stereocenters. The Kier molecular flexibility index (Phi) is 3.61. The van der Waals surface area contributed by atoms with E-state index in [2.05, 4.69) is 0 Å². The summed E-state index contributed by atoms with van der Waals surface area (Å²) in [7, 11) is 1.57. The van der Waals surface area contributed by atoms with Crippen LogP contribution in [0.3, 0.4) is 0 Å². The van der Waals surface area contributed by atoms with Crippen LogP contribution in [0.2, 0.25) is 0 Å². The molecule has 0 saturated heterocycles. The Balaban J connectivity index is 2.23. The Hall–Kier alpha value is -2.17. The van der Waals surface area contributed by atoms with Gasteiger partial charge in [-0.05, 0) is 39.0 Å². The lowest BCUT2D eigenvalue weighted by Gasteiger charge is -2.16. The van der Waals surface area contributed by atoms with Crippen molar-refractivity contribution in [3.05, 3.63) is 24.4 Å². The van der Waals surface area contributed by atoms with Crippen molar-refractivity contribution in [2.75, 3.05) is 7.11 Å². The number of rotatable bonds is 3. The summed E-state index contributed by atoms with van der Waals surface area (Å²) in [5, 5.41) is 11.7. The van der Waals surface area contributed by atoms with Crippen molar-refractivity contribution in [1.29, 1.82) is 0 Å². The van der Waals surface area contributed by atoms with E-state index >= 15 is 0 Å². The molecule has 1 N–H and O–H groups in total. The third kappa shape index (κ3) is 2.71. The number of aromatic nitrogens is 1. The van der Waals surface area contributed by atoms with Crippen LogP contribution in [0.25, 0.3) is 10.8 Å². The van der Waals surface area contributed by atoms with Crippen LogP contribution in [0.4, 0.5) is 0 Å². The van der Waals surface area contributed by atoms with Crippen molar-refractivity contribution in [3.8, 4) is 11.6 Å². The van der Waals surface area contributed by atoms with Crippen LogP contribution in [0.1, 0.15) is 20.8 Å². The maximum atomic E-state index is 11.7. The maximum absolute atomic E-state index is 11.7. The molecule has 2 rings (SSSR count). The van der Waals surface area contributed by atoms with Crippen molar-refractivity contribution in [3.63, 3.8) is 0 Å². The first kappa shape index (κ1) is 14.2. The summed E-state index contributed by atoms with van der Waals surface area (Å²) < 4.78 is 11.8. The van der Waals surface area contributed by atoms with E-state index in [1.54, 1.807) is 40.1 Å². The quantitative estimate of drug-likeness (QED) is 0.876. The predicted octanol–water partition coefficient (Wildman–Crippen LogP) is 2.90. The highest BCUT2D eigenvalue weighted by Gasteiger charge is 2.23. The fourth-order valence-electron chi connectivity index (χ4n) is 1.80. The van der Waals surface area contributed by atoms with Crippen molar-refractivity contribution in [2.24, 2.45) is 5.41 Å². The maximum Gasteiger partial charge on any atom is 0.312 e. The zero-order chi connectivity index (χ0) is 14.9. The summed E-state index contributed by atoms with van der Waals surface area (Å²) in [6, 6.07) is 5.40. The van der Waals surface area contributed by atoms with Gasteiger partial charge >= 0.3 is 5.97 Å². The number of carbonyl (C=O) groups excluding carboxylic acids is 1. The lowest BCUT2D eigenvalue weighted by atomic mass is 9.98. The number of nitrogens with zero attached hydrogens (tertiary/aromatic N) is 1. The monoisotopic (exact) mass is 277 g/mol. The number of fused-ring (bicyclic) bond motifs is 1. The normalized spacial score (nSPS) is 11.6. The molecule has 5 heteroatoms. The second-order valence-electron chi connectivity index (χ2n) is 5.69. The van der Waals surface area contributed by atoms with E-state index < -0.39 is 5.41 Å². The highest BCUT2D eigenvalue weighted by atomic mass is 16.5. The van der Waals surface area contributed by atoms with Gasteiger partial charge in [0.2, 0.25) is 5.88 Å². The molecule has 0 radical (unpaired) electrons. The van der Waals surface area contributed by atoms with Gasteiger partial charge < -0.3 is 14.6 Å². The van der Waals surface area contributed by atoms with Crippen LogP contribution >= 0.6 is 0 Å². The SMILES string of the molecule is COc1ccc2cn(COC(=O)C(C)(C)C)c(O)c2c1. The van der Waals surface area contributed by atoms with E-state index in [-0.39, 0.29) is 18.6 Å². The lowest BCUT2D eigenvalue weighted by molar-refractivity contribution is -0.157. The van der Waals surface area contributed by atoms with Crippen LogP contribution < -0.4 is 4.74 Å². The van der Waals surface area contributed by atoms with E-state index in [1.165, 1.54) is 4.57 Å². The summed E-state index contributed by atoms with van der Waals surface area (Å²) in [6.07, 6.45) is 1.74. The van der Waals surface area contributed by atoms with Gasteiger partial charge in [0.15, 0.2) is 6.73 Å². The van der Waals surface area contributed by atoms with Crippen molar-refractivity contribution >= 4 is 16.7 Å². The molecule has 0 aliphatic heterocycles. The molecule has 108 valence electrons. The number of ether oxygens (including phenoxy) is 2. The van der Waals surface area contributed by atoms with Crippen LogP contribution in [-0.4, -0.2) is 22.8 Å². The third-order valence-corrected chi connectivity index (χ3v) is 3.02. The molecule has 1 aromatic heterocycles. The fraction of sp³-hybridized carbons (Fsp3) is 0.400. The van der Waals surface area contributed by atoms with Gasteiger partial charge in [-0.25, -0.2) is 0 Å². The smallest absolute Gasteiger partial charge is 0.312 e. The van der Waals surface area contributed by atoms with Gasteiger partial charge in [-0.1, -0.05) is 0 Å². The van der Waals surface area contributed by atoms with Crippen LogP contribution in [0.5, 0.6) is 11.6 Å². The van der Waals surface area contributed by atoms with E-state index in [1.807, 2.05) is 12.1 Å². The van der Waals surface area contributed by atoms with Gasteiger partial charge in [0.05, 0.1) is 12.5 Å². The molecule has 0 saturated carbocycles. The Morgan fingerprint density at radius 3 is 2.65 bits per heavy atom. The second-order valence-corrected chi connectivity index (χ2v) is 5.69. The highest BCUT2D eigenvalue weighted by Crippen LogP contribution is 2.30. The number of hydrogen-bond donors (Lipinski definition) is 1. The number of hydrogen-bond acceptors (Lipinski definition) is 4. The van der Waals surface area contributed by atoms with Gasteiger partial charge in [-0.2, -0.15) is 0 Å². The van der Waals surface area contributed by atoms with Crippen LogP contribution in [-0.2, 0) is 16.3 Å². The highest BCUT2D eigenvalue weighted by molar-refractivity contribution is 5.89. The summed E-state index contributed by atoms with van der Waals surface area (Å²) >= 11 is 0. The number of benzene rings is 1. The van der Waals surface area contributed by atoms with Crippen LogP contribution in [0, 0.1) is 5.41 Å². The van der Waals surface area contributed by atoms with Crippen LogP contribution in [0.15, 0.2) is 24.4 Å². The summed E-state index contributed by atoms with van der Waals surface area (Å²) in [6.45, 7) is 5.34. The molecule has 2 aromatic rings. The molecule has 0 aliphatic rings. The first-order valence-corrected chi connectivity index (χ1v) is 6.36. The number of esters is 1. The van der Waals surface area contributed by atoms with E-state index in [9.17, 15) is 9.90 Å². The Labute approximate surface area is 117 Å². The first-order chi connectivity index (χ1) is 9.32. The molecule has 1 heterocycles.